The molecule has 0 saturated heterocycles. The van der Waals surface area contributed by atoms with Crippen LogP contribution in [0.25, 0.3) is 11.3 Å². The Morgan fingerprint density at radius 3 is 2.69 bits per heavy atom. The van der Waals surface area contributed by atoms with Gasteiger partial charge in [-0.15, -0.1) is 0 Å². The van der Waals surface area contributed by atoms with Crippen LogP contribution in [-0.4, -0.2) is 32.4 Å². The lowest BCUT2D eigenvalue weighted by Gasteiger charge is -2.33. The number of aliphatic hydroxyl groups excluding tert-OH is 1. The van der Waals surface area contributed by atoms with Crippen LogP contribution in [0.5, 0.6) is 0 Å². The van der Waals surface area contributed by atoms with E-state index in [-0.39, 0.29) is 29.4 Å². The van der Waals surface area contributed by atoms with Gasteiger partial charge in [-0.1, -0.05) is 40.6 Å². The maximum Gasteiger partial charge on any atom is 0.273 e. The lowest BCUT2D eigenvalue weighted by Crippen LogP contribution is -2.43. The van der Waals surface area contributed by atoms with Crippen molar-refractivity contribution in [1.82, 2.24) is 20.6 Å². The third-order valence-electron chi connectivity index (χ3n) is 4.45. The summed E-state index contributed by atoms with van der Waals surface area (Å²) in [5.74, 6) is 1.16. The normalized spacial score (nSPS) is 20.4. The van der Waals surface area contributed by atoms with Crippen molar-refractivity contribution in [2.75, 3.05) is 0 Å². The number of aliphatic hydroxyl groups is 1. The molecule has 134 valence electrons. The maximum absolute atomic E-state index is 12.3. The Hall–Kier alpha value is -3.00. The van der Waals surface area contributed by atoms with Crippen molar-refractivity contribution in [2.24, 2.45) is 0 Å². The van der Waals surface area contributed by atoms with Crippen LogP contribution in [0, 0.1) is 0 Å². The molecule has 1 fully saturated rings. The molecule has 1 aliphatic carbocycles. The van der Waals surface area contributed by atoms with Crippen molar-refractivity contribution < 1.29 is 18.9 Å². The molecule has 8 nitrogen and oxygen atoms in total. The highest BCUT2D eigenvalue weighted by Crippen LogP contribution is 2.36. The average Bonchev–Trinajstić information content (AvgIpc) is 3.28. The van der Waals surface area contributed by atoms with E-state index < -0.39 is 6.10 Å². The minimum atomic E-state index is -0.756. The molecule has 0 radical (unpaired) electrons. The summed E-state index contributed by atoms with van der Waals surface area (Å²) in [6, 6.07) is 11.1. The minimum Gasteiger partial charge on any atom is -0.385 e. The second-order valence-corrected chi connectivity index (χ2v) is 6.45. The Bertz CT molecular complexity index is 897. The Balaban J connectivity index is 1.33. The number of amides is 1. The molecular formula is C18H18N4O4. The van der Waals surface area contributed by atoms with E-state index >= 15 is 0 Å². The van der Waals surface area contributed by atoms with E-state index in [0.29, 0.717) is 24.5 Å². The molecule has 0 spiro atoms. The molecule has 1 amide bonds. The van der Waals surface area contributed by atoms with Gasteiger partial charge in [0.25, 0.3) is 5.91 Å². The van der Waals surface area contributed by atoms with Gasteiger partial charge in [0, 0.05) is 23.6 Å². The number of hydrogen-bond acceptors (Lipinski definition) is 7. The summed E-state index contributed by atoms with van der Waals surface area (Å²) in [4.78, 5) is 16.5. The van der Waals surface area contributed by atoms with Crippen molar-refractivity contribution in [3.8, 4) is 11.3 Å². The molecule has 1 aliphatic rings. The van der Waals surface area contributed by atoms with Crippen LogP contribution in [0.4, 0.5) is 0 Å². The van der Waals surface area contributed by atoms with Crippen molar-refractivity contribution in [1.29, 1.82) is 0 Å². The summed E-state index contributed by atoms with van der Waals surface area (Å²) in [5.41, 5.74) is 1.12. The van der Waals surface area contributed by atoms with Crippen LogP contribution in [0.3, 0.4) is 0 Å². The number of benzene rings is 1. The Labute approximate surface area is 149 Å². The number of nitrogens with one attached hydrogen (secondary N) is 1. The number of carbonyl (C=O) groups is 1. The van der Waals surface area contributed by atoms with E-state index in [4.69, 9.17) is 9.05 Å². The standard InChI is InChI=1S/C18H18N4O4/c1-10(23)16-20-18(26-22-16)12-7-13(8-12)19-17(24)14-9-15(25-21-14)11-5-3-2-4-6-11/h2-6,9-10,12-13,23H,7-8H2,1H3,(H,19,24)/t10-,12-,13+/m1/s1. The van der Waals surface area contributed by atoms with Gasteiger partial charge < -0.3 is 19.5 Å². The van der Waals surface area contributed by atoms with Crippen molar-refractivity contribution >= 4 is 5.91 Å². The van der Waals surface area contributed by atoms with Gasteiger partial charge in [-0.05, 0) is 19.8 Å². The smallest absolute Gasteiger partial charge is 0.273 e. The average molecular weight is 354 g/mol. The quantitative estimate of drug-likeness (QED) is 0.723. The highest BCUT2D eigenvalue weighted by molar-refractivity contribution is 5.93. The van der Waals surface area contributed by atoms with Gasteiger partial charge in [0.1, 0.15) is 6.10 Å². The fourth-order valence-corrected chi connectivity index (χ4v) is 2.90. The first-order chi connectivity index (χ1) is 12.6. The summed E-state index contributed by atoms with van der Waals surface area (Å²) in [7, 11) is 0. The zero-order valence-corrected chi connectivity index (χ0v) is 14.1. The molecule has 4 rings (SSSR count). The van der Waals surface area contributed by atoms with Gasteiger partial charge in [-0.25, -0.2) is 0 Å². The fourth-order valence-electron chi connectivity index (χ4n) is 2.90. The van der Waals surface area contributed by atoms with E-state index in [9.17, 15) is 9.90 Å². The van der Waals surface area contributed by atoms with Crippen molar-refractivity contribution in [2.45, 2.75) is 37.8 Å². The number of aromatic nitrogens is 3. The summed E-state index contributed by atoms with van der Waals surface area (Å²) >= 11 is 0. The van der Waals surface area contributed by atoms with Crippen molar-refractivity contribution in [3.63, 3.8) is 0 Å². The molecule has 1 aromatic carbocycles. The predicted octanol–water partition coefficient (Wildman–Crippen LogP) is 2.45. The fraction of sp³-hybridized carbons (Fsp3) is 0.333. The molecule has 26 heavy (non-hydrogen) atoms. The van der Waals surface area contributed by atoms with Crippen molar-refractivity contribution in [3.05, 3.63) is 53.8 Å². The summed E-state index contributed by atoms with van der Waals surface area (Å²) in [6.45, 7) is 1.58. The molecule has 1 atom stereocenters. The highest BCUT2D eigenvalue weighted by Gasteiger charge is 2.36. The zero-order valence-electron chi connectivity index (χ0n) is 14.1. The summed E-state index contributed by atoms with van der Waals surface area (Å²) in [6.07, 6.45) is 0.654. The SMILES string of the molecule is C[C@@H](O)c1noc([C@H]2C[C@@H](NC(=O)c3cc(-c4ccccc4)on3)C2)n1. The van der Waals surface area contributed by atoms with Gasteiger partial charge in [0.05, 0.1) is 0 Å². The van der Waals surface area contributed by atoms with Crippen LogP contribution < -0.4 is 5.32 Å². The van der Waals surface area contributed by atoms with Crippen LogP contribution in [0.2, 0.25) is 0 Å². The van der Waals surface area contributed by atoms with E-state index in [1.54, 1.807) is 13.0 Å². The summed E-state index contributed by atoms with van der Waals surface area (Å²) < 4.78 is 10.4. The first kappa shape index (κ1) is 16.5. The van der Waals surface area contributed by atoms with Crippen LogP contribution in [0.15, 0.2) is 45.4 Å². The van der Waals surface area contributed by atoms with Gasteiger partial charge in [-0.3, -0.25) is 4.79 Å². The van der Waals surface area contributed by atoms with E-state index in [2.05, 4.69) is 20.6 Å². The lowest BCUT2D eigenvalue weighted by molar-refractivity contribution is 0.0892. The van der Waals surface area contributed by atoms with E-state index in [0.717, 1.165) is 5.56 Å². The highest BCUT2D eigenvalue weighted by atomic mass is 16.5. The second kappa shape index (κ2) is 6.72. The molecule has 2 aromatic heterocycles. The second-order valence-electron chi connectivity index (χ2n) is 6.45. The van der Waals surface area contributed by atoms with Gasteiger partial charge >= 0.3 is 0 Å². The molecule has 2 heterocycles. The number of hydrogen-bond donors (Lipinski definition) is 2. The molecule has 0 aliphatic heterocycles. The maximum atomic E-state index is 12.3. The molecule has 2 N–H and O–H groups in total. The molecule has 8 heteroatoms. The van der Waals surface area contributed by atoms with E-state index in [1.807, 2.05) is 30.3 Å². The first-order valence-electron chi connectivity index (χ1n) is 8.44. The minimum absolute atomic E-state index is 0.0197. The third-order valence-corrected chi connectivity index (χ3v) is 4.45. The Morgan fingerprint density at radius 2 is 2.00 bits per heavy atom. The lowest BCUT2D eigenvalue weighted by atomic mass is 9.80. The molecule has 0 unspecified atom stereocenters. The molecule has 3 aromatic rings. The van der Waals surface area contributed by atoms with Crippen LogP contribution in [0.1, 0.15) is 54.0 Å². The third kappa shape index (κ3) is 3.23. The largest absolute Gasteiger partial charge is 0.385 e. The number of carbonyl (C=O) groups excluding carboxylic acids is 1. The van der Waals surface area contributed by atoms with Gasteiger partial charge in [-0.2, -0.15) is 4.98 Å². The molecule has 0 bridgehead atoms. The van der Waals surface area contributed by atoms with E-state index in [1.165, 1.54) is 0 Å². The van der Waals surface area contributed by atoms with Gasteiger partial charge in [0.15, 0.2) is 17.3 Å². The Kier molecular flexibility index (Phi) is 4.26. The molecule has 1 saturated carbocycles. The van der Waals surface area contributed by atoms with Crippen LogP contribution >= 0.6 is 0 Å². The molecular weight excluding hydrogens is 336 g/mol. The first-order valence-corrected chi connectivity index (χ1v) is 8.44. The Morgan fingerprint density at radius 1 is 1.23 bits per heavy atom. The predicted molar refractivity (Wildman–Crippen MR) is 90.1 cm³/mol. The topological polar surface area (TPSA) is 114 Å². The van der Waals surface area contributed by atoms with Crippen LogP contribution in [-0.2, 0) is 0 Å². The summed E-state index contributed by atoms with van der Waals surface area (Å²) in [5, 5.41) is 19.9. The zero-order chi connectivity index (χ0) is 18.1. The number of nitrogens with zero attached hydrogens (tertiary/aromatic N) is 3. The van der Waals surface area contributed by atoms with Gasteiger partial charge in [0.2, 0.25) is 5.89 Å². The monoisotopic (exact) mass is 354 g/mol. The number of rotatable bonds is 5.